The first-order valence-corrected chi connectivity index (χ1v) is 5.63. The van der Waals surface area contributed by atoms with Gasteiger partial charge in [-0.05, 0) is 24.6 Å². The number of ether oxygens (including phenoxy) is 1. The molecule has 15 heavy (non-hydrogen) atoms. The fraction of sp³-hybridized carbons (Fsp3) is 0.333. The molecule has 1 aromatic carbocycles. The summed E-state index contributed by atoms with van der Waals surface area (Å²) in [6.45, 7) is 6.66. The van der Waals surface area contributed by atoms with Crippen LogP contribution >= 0.6 is 15.9 Å². The second-order valence-corrected chi connectivity index (χ2v) is 4.52. The number of methoxy groups -OCH3 is 1. The van der Waals surface area contributed by atoms with Gasteiger partial charge < -0.3 is 10.1 Å². The molecule has 3 heteroatoms. The standard InChI is InChI=1S/C12H16BrNO/c1-9(13)8-14-10(2)11-5-4-6-12(7-11)15-3/h4-7,10,14H,1,8H2,2-3H3. The summed E-state index contributed by atoms with van der Waals surface area (Å²) in [6.07, 6.45) is 0. The molecule has 1 aromatic rings. The van der Waals surface area contributed by atoms with Gasteiger partial charge in [0.05, 0.1) is 7.11 Å². The van der Waals surface area contributed by atoms with Gasteiger partial charge in [0.15, 0.2) is 0 Å². The molecular formula is C12H16BrNO. The van der Waals surface area contributed by atoms with Crippen molar-refractivity contribution in [3.05, 3.63) is 40.9 Å². The van der Waals surface area contributed by atoms with Crippen molar-refractivity contribution in [2.45, 2.75) is 13.0 Å². The van der Waals surface area contributed by atoms with E-state index in [2.05, 4.69) is 40.8 Å². The van der Waals surface area contributed by atoms with Gasteiger partial charge in [0, 0.05) is 17.1 Å². The summed E-state index contributed by atoms with van der Waals surface area (Å²) in [7, 11) is 1.68. The predicted octanol–water partition coefficient (Wildman–Crippen LogP) is 3.25. The zero-order valence-corrected chi connectivity index (χ0v) is 10.7. The molecule has 0 aliphatic carbocycles. The minimum Gasteiger partial charge on any atom is -0.497 e. The van der Waals surface area contributed by atoms with Crippen molar-refractivity contribution in [1.82, 2.24) is 5.32 Å². The van der Waals surface area contributed by atoms with E-state index in [1.165, 1.54) is 5.56 Å². The van der Waals surface area contributed by atoms with Crippen LogP contribution in [0.4, 0.5) is 0 Å². The lowest BCUT2D eigenvalue weighted by Crippen LogP contribution is -2.19. The number of hydrogen-bond donors (Lipinski definition) is 1. The maximum atomic E-state index is 5.18. The van der Waals surface area contributed by atoms with Crippen LogP contribution in [0, 0.1) is 0 Å². The van der Waals surface area contributed by atoms with E-state index in [4.69, 9.17) is 4.74 Å². The van der Waals surface area contributed by atoms with Gasteiger partial charge in [0.25, 0.3) is 0 Å². The van der Waals surface area contributed by atoms with Crippen molar-refractivity contribution < 1.29 is 4.74 Å². The summed E-state index contributed by atoms with van der Waals surface area (Å²) in [5, 5.41) is 3.35. The van der Waals surface area contributed by atoms with Crippen LogP contribution < -0.4 is 10.1 Å². The molecule has 0 bridgehead atoms. The molecular weight excluding hydrogens is 254 g/mol. The zero-order chi connectivity index (χ0) is 11.3. The summed E-state index contributed by atoms with van der Waals surface area (Å²) in [5.41, 5.74) is 1.21. The summed E-state index contributed by atoms with van der Waals surface area (Å²) in [5.74, 6) is 0.888. The highest BCUT2D eigenvalue weighted by molar-refractivity contribution is 9.11. The second-order valence-electron chi connectivity index (χ2n) is 3.40. The molecule has 0 amide bonds. The van der Waals surface area contributed by atoms with Crippen molar-refractivity contribution in [2.75, 3.05) is 13.7 Å². The molecule has 1 unspecified atom stereocenters. The quantitative estimate of drug-likeness (QED) is 0.886. The Morgan fingerprint density at radius 2 is 2.33 bits per heavy atom. The Morgan fingerprint density at radius 3 is 2.93 bits per heavy atom. The lowest BCUT2D eigenvalue weighted by Gasteiger charge is -2.14. The smallest absolute Gasteiger partial charge is 0.119 e. The molecule has 0 aromatic heterocycles. The van der Waals surface area contributed by atoms with Crippen LogP contribution in [-0.2, 0) is 0 Å². The van der Waals surface area contributed by atoms with Crippen LogP contribution in [0.3, 0.4) is 0 Å². The molecule has 0 heterocycles. The first kappa shape index (κ1) is 12.3. The van der Waals surface area contributed by atoms with Gasteiger partial charge in [0.1, 0.15) is 5.75 Å². The molecule has 0 saturated carbocycles. The second kappa shape index (κ2) is 5.93. The molecule has 0 saturated heterocycles. The third-order valence-corrected chi connectivity index (χ3v) is 2.47. The highest BCUT2D eigenvalue weighted by atomic mass is 79.9. The van der Waals surface area contributed by atoms with Crippen molar-refractivity contribution >= 4 is 15.9 Å². The van der Waals surface area contributed by atoms with E-state index < -0.39 is 0 Å². The summed E-state index contributed by atoms with van der Waals surface area (Å²) in [4.78, 5) is 0. The van der Waals surface area contributed by atoms with Crippen molar-refractivity contribution in [1.29, 1.82) is 0 Å². The molecule has 2 nitrogen and oxygen atoms in total. The van der Waals surface area contributed by atoms with Crippen molar-refractivity contribution in [3.8, 4) is 5.75 Å². The van der Waals surface area contributed by atoms with E-state index in [-0.39, 0.29) is 6.04 Å². The van der Waals surface area contributed by atoms with E-state index in [1.54, 1.807) is 7.11 Å². The number of hydrogen-bond acceptors (Lipinski definition) is 2. The van der Waals surface area contributed by atoms with E-state index in [0.717, 1.165) is 16.8 Å². The van der Waals surface area contributed by atoms with E-state index >= 15 is 0 Å². The molecule has 1 N–H and O–H groups in total. The van der Waals surface area contributed by atoms with Crippen LogP contribution in [0.25, 0.3) is 0 Å². The predicted molar refractivity (Wildman–Crippen MR) is 67.5 cm³/mol. The van der Waals surface area contributed by atoms with E-state index in [1.807, 2.05) is 18.2 Å². The van der Waals surface area contributed by atoms with Gasteiger partial charge in [0.2, 0.25) is 0 Å². The SMILES string of the molecule is C=C(Br)CNC(C)c1cccc(OC)c1. The fourth-order valence-corrected chi connectivity index (χ4v) is 1.45. The van der Waals surface area contributed by atoms with Crippen molar-refractivity contribution in [2.24, 2.45) is 0 Å². The minimum absolute atomic E-state index is 0.286. The molecule has 0 radical (unpaired) electrons. The van der Waals surface area contributed by atoms with Crippen LogP contribution in [0.5, 0.6) is 5.75 Å². The van der Waals surface area contributed by atoms with Gasteiger partial charge in [-0.15, -0.1) is 0 Å². The average Bonchev–Trinajstić information content (AvgIpc) is 2.26. The van der Waals surface area contributed by atoms with Gasteiger partial charge in [-0.3, -0.25) is 0 Å². The number of benzene rings is 1. The van der Waals surface area contributed by atoms with Crippen LogP contribution in [-0.4, -0.2) is 13.7 Å². The Kier molecular flexibility index (Phi) is 4.85. The van der Waals surface area contributed by atoms with Crippen LogP contribution in [0.15, 0.2) is 35.3 Å². The Bertz CT molecular complexity index is 338. The third kappa shape index (κ3) is 4.06. The Labute approximate surface area is 99.5 Å². The maximum absolute atomic E-state index is 5.18. The number of halogens is 1. The van der Waals surface area contributed by atoms with E-state index in [9.17, 15) is 0 Å². The highest BCUT2D eigenvalue weighted by Crippen LogP contribution is 2.18. The highest BCUT2D eigenvalue weighted by Gasteiger charge is 2.05. The minimum atomic E-state index is 0.286. The summed E-state index contributed by atoms with van der Waals surface area (Å²) in [6, 6.07) is 8.34. The normalized spacial score (nSPS) is 12.2. The Morgan fingerprint density at radius 1 is 1.60 bits per heavy atom. The molecule has 1 atom stereocenters. The third-order valence-electron chi connectivity index (χ3n) is 2.19. The topological polar surface area (TPSA) is 21.3 Å². The molecule has 0 aliphatic heterocycles. The maximum Gasteiger partial charge on any atom is 0.119 e. The largest absolute Gasteiger partial charge is 0.497 e. The van der Waals surface area contributed by atoms with Gasteiger partial charge in [-0.1, -0.05) is 34.6 Å². The molecule has 1 rings (SSSR count). The first-order chi connectivity index (χ1) is 7.13. The van der Waals surface area contributed by atoms with Crippen molar-refractivity contribution in [3.63, 3.8) is 0 Å². The van der Waals surface area contributed by atoms with Crippen LogP contribution in [0.2, 0.25) is 0 Å². The fourth-order valence-electron chi connectivity index (χ4n) is 1.29. The number of rotatable bonds is 5. The monoisotopic (exact) mass is 269 g/mol. The van der Waals surface area contributed by atoms with E-state index in [0.29, 0.717) is 0 Å². The van der Waals surface area contributed by atoms with Gasteiger partial charge >= 0.3 is 0 Å². The van der Waals surface area contributed by atoms with Gasteiger partial charge in [-0.25, -0.2) is 0 Å². The molecule has 0 spiro atoms. The summed E-state index contributed by atoms with van der Waals surface area (Å²) >= 11 is 3.32. The zero-order valence-electron chi connectivity index (χ0n) is 9.09. The number of nitrogens with one attached hydrogen (secondary N) is 1. The molecule has 0 aliphatic rings. The Hall–Kier alpha value is -0.800. The molecule has 0 fully saturated rings. The average molecular weight is 270 g/mol. The Balaban J connectivity index is 2.64. The first-order valence-electron chi connectivity index (χ1n) is 4.84. The summed E-state index contributed by atoms with van der Waals surface area (Å²) < 4.78 is 6.13. The lowest BCUT2D eigenvalue weighted by molar-refractivity contribution is 0.413. The lowest BCUT2D eigenvalue weighted by atomic mass is 10.1. The van der Waals surface area contributed by atoms with Gasteiger partial charge in [-0.2, -0.15) is 0 Å². The van der Waals surface area contributed by atoms with Crippen LogP contribution in [0.1, 0.15) is 18.5 Å². The molecule has 82 valence electrons.